The van der Waals surface area contributed by atoms with Gasteiger partial charge in [-0.1, -0.05) is 17.7 Å². The largest absolute Gasteiger partial charge is 0.338 e. The molecule has 1 heterocycles. The molecule has 3 nitrogen and oxygen atoms in total. The zero-order valence-corrected chi connectivity index (χ0v) is 12.2. The van der Waals surface area contributed by atoms with E-state index in [1.54, 1.807) is 11.0 Å². The fourth-order valence-corrected chi connectivity index (χ4v) is 2.45. The van der Waals surface area contributed by atoms with Crippen molar-refractivity contribution in [2.24, 2.45) is 11.7 Å². The highest BCUT2D eigenvalue weighted by Gasteiger charge is 2.30. The van der Waals surface area contributed by atoms with Crippen LogP contribution in [0.4, 0.5) is 4.39 Å². The fourth-order valence-electron chi connectivity index (χ4n) is 2.24. The molecule has 2 N–H and O–H groups in total. The summed E-state index contributed by atoms with van der Waals surface area (Å²) in [4.78, 5) is 13.9. The molecule has 1 aromatic rings. The number of hydrogen-bond acceptors (Lipinski definition) is 2. The predicted octanol–water partition coefficient (Wildman–Crippen LogP) is 2.71. The molecule has 1 amide bonds. The maximum atomic E-state index is 13.3. The summed E-state index contributed by atoms with van der Waals surface area (Å²) in [6.07, 6.45) is 0.885. The van der Waals surface area contributed by atoms with Crippen LogP contribution < -0.4 is 5.73 Å². The van der Waals surface area contributed by atoms with Crippen LogP contribution in [0.15, 0.2) is 18.2 Å². The minimum Gasteiger partial charge on any atom is -0.338 e. The Hall–Kier alpha value is -0.840. The van der Waals surface area contributed by atoms with E-state index in [-0.39, 0.29) is 34.9 Å². The van der Waals surface area contributed by atoms with Crippen LogP contribution in [0.5, 0.6) is 0 Å². The molecule has 1 saturated heterocycles. The third-order valence-corrected chi connectivity index (χ3v) is 3.82. The van der Waals surface area contributed by atoms with Crippen molar-refractivity contribution < 1.29 is 9.18 Å². The molecule has 6 heteroatoms. The van der Waals surface area contributed by atoms with Gasteiger partial charge in [0.15, 0.2) is 0 Å². The molecule has 1 aliphatic heterocycles. The second kappa shape index (κ2) is 6.55. The van der Waals surface area contributed by atoms with Gasteiger partial charge >= 0.3 is 0 Å². The highest BCUT2D eigenvalue weighted by molar-refractivity contribution is 6.34. The SMILES string of the molecule is CC(N)C1CCN(C(=O)c2cccc(F)c2Cl)C1.Cl. The van der Waals surface area contributed by atoms with Crippen LogP contribution in [0.25, 0.3) is 0 Å². The second-order valence-electron chi connectivity index (χ2n) is 4.76. The summed E-state index contributed by atoms with van der Waals surface area (Å²) in [5.74, 6) is -0.477. The average Bonchev–Trinajstić information content (AvgIpc) is 2.81. The van der Waals surface area contributed by atoms with Crippen LogP contribution in [-0.4, -0.2) is 29.9 Å². The number of nitrogens with two attached hydrogens (primary N) is 1. The van der Waals surface area contributed by atoms with Crippen molar-refractivity contribution in [1.29, 1.82) is 0 Å². The van der Waals surface area contributed by atoms with Crippen LogP contribution in [0.3, 0.4) is 0 Å². The van der Waals surface area contributed by atoms with E-state index in [2.05, 4.69) is 0 Å². The third-order valence-electron chi connectivity index (χ3n) is 3.44. The summed E-state index contributed by atoms with van der Waals surface area (Å²) in [6.45, 7) is 3.20. The van der Waals surface area contributed by atoms with Crippen molar-refractivity contribution in [1.82, 2.24) is 4.90 Å². The Bertz CT molecular complexity index is 468. The minimum atomic E-state index is -0.564. The van der Waals surface area contributed by atoms with Gasteiger partial charge in [0, 0.05) is 19.1 Å². The molecule has 19 heavy (non-hydrogen) atoms. The number of carbonyl (C=O) groups is 1. The van der Waals surface area contributed by atoms with Gasteiger partial charge in [0.1, 0.15) is 5.82 Å². The van der Waals surface area contributed by atoms with Crippen molar-refractivity contribution in [2.45, 2.75) is 19.4 Å². The van der Waals surface area contributed by atoms with E-state index in [0.29, 0.717) is 19.0 Å². The van der Waals surface area contributed by atoms with Gasteiger partial charge in [-0.15, -0.1) is 12.4 Å². The lowest BCUT2D eigenvalue weighted by molar-refractivity contribution is 0.0785. The maximum Gasteiger partial charge on any atom is 0.255 e. The summed E-state index contributed by atoms with van der Waals surface area (Å²) < 4.78 is 13.3. The summed E-state index contributed by atoms with van der Waals surface area (Å²) in [5.41, 5.74) is 6.05. The Morgan fingerprint density at radius 1 is 1.58 bits per heavy atom. The Kier molecular flexibility index (Phi) is 5.59. The maximum absolute atomic E-state index is 13.3. The number of benzene rings is 1. The molecule has 0 spiro atoms. The molecular formula is C13H17Cl2FN2O. The fraction of sp³-hybridized carbons (Fsp3) is 0.462. The number of amides is 1. The smallest absolute Gasteiger partial charge is 0.255 e. The van der Waals surface area contributed by atoms with Crippen LogP contribution >= 0.6 is 24.0 Å². The summed E-state index contributed by atoms with van der Waals surface area (Å²) in [5, 5.41) is -0.105. The Balaban J connectivity index is 0.00000180. The second-order valence-corrected chi connectivity index (χ2v) is 5.14. The number of rotatable bonds is 2. The van der Waals surface area contributed by atoms with Crippen LogP contribution in [-0.2, 0) is 0 Å². The van der Waals surface area contributed by atoms with Crippen molar-refractivity contribution in [3.8, 4) is 0 Å². The molecule has 2 atom stereocenters. The van der Waals surface area contributed by atoms with E-state index in [0.717, 1.165) is 6.42 Å². The summed E-state index contributed by atoms with van der Waals surface area (Å²) in [7, 11) is 0. The van der Waals surface area contributed by atoms with E-state index in [1.807, 2.05) is 6.92 Å². The molecule has 0 radical (unpaired) electrons. The molecule has 0 bridgehead atoms. The monoisotopic (exact) mass is 306 g/mol. The van der Waals surface area contributed by atoms with Gasteiger partial charge in [0.25, 0.3) is 5.91 Å². The van der Waals surface area contributed by atoms with Crippen LogP contribution in [0.2, 0.25) is 5.02 Å². The minimum absolute atomic E-state index is 0. The van der Waals surface area contributed by atoms with Gasteiger partial charge in [-0.05, 0) is 31.4 Å². The third kappa shape index (κ3) is 3.38. The van der Waals surface area contributed by atoms with Crippen LogP contribution in [0, 0.1) is 11.7 Å². The Morgan fingerprint density at radius 2 is 2.26 bits per heavy atom. The van der Waals surface area contributed by atoms with Gasteiger partial charge in [0.2, 0.25) is 0 Å². The van der Waals surface area contributed by atoms with Crippen LogP contribution in [0.1, 0.15) is 23.7 Å². The van der Waals surface area contributed by atoms with Crippen molar-refractivity contribution in [3.63, 3.8) is 0 Å². The number of carbonyl (C=O) groups excluding carboxylic acids is 1. The van der Waals surface area contributed by atoms with Gasteiger partial charge in [-0.2, -0.15) is 0 Å². The lowest BCUT2D eigenvalue weighted by atomic mass is 10.0. The quantitative estimate of drug-likeness (QED) is 0.913. The molecule has 0 aromatic heterocycles. The zero-order chi connectivity index (χ0) is 13.3. The molecule has 106 valence electrons. The summed E-state index contributed by atoms with van der Waals surface area (Å²) >= 11 is 5.82. The first-order valence-corrected chi connectivity index (χ1v) is 6.37. The normalized spacial score (nSPS) is 20.0. The topological polar surface area (TPSA) is 46.3 Å². The first kappa shape index (κ1) is 16.2. The van der Waals surface area contributed by atoms with E-state index < -0.39 is 5.82 Å². The van der Waals surface area contributed by atoms with Crippen molar-refractivity contribution in [2.75, 3.05) is 13.1 Å². The molecule has 1 fully saturated rings. The standard InChI is InChI=1S/C13H16ClFN2O.ClH/c1-8(16)9-5-6-17(7-9)13(18)10-3-2-4-11(15)12(10)14;/h2-4,8-9H,5-7,16H2,1H3;1H. The molecule has 1 aliphatic rings. The van der Waals surface area contributed by atoms with Crippen molar-refractivity contribution >= 4 is 29.9 Å². The molecule has 0 saturated carbocycles. The molecular weight excluding hydrogens is 290 g/mol. The van der Waals surface area contributed by atoms with E-state index in [4.69, 9.17) is 17.3 Å². The van der Waals surface area contributed by atoms with E-state index >= 15 is 0 Å². The first-order chi connectivity index (χ1) is 8.50. The number of halogens is 3. The van der Waals surface area contributed by atoms with Crippen molar-refractivity contribution in [3.05, 3.63) is 34.6 Å². The molecule has 2 rings (SSSR count). The van der Waals surface area contributed by atoms with E-state index in [1.165, 1.54) is 12.1 Å². The first-order valence-electron chi connectivity index (χ1n) is 5.99. The lowest BCUT2D eigenvalue weighted by Crippen LogP contribution is -2.33. The van der Waals surface area contributed by atoms with Gasteiger partial charge in [-0.25, -0.2) is 4.39 Å². The number of nitrogens with zero attached hydrogens (tertiary/aromatic N) is 1. The Morgan fingerprint density at radius 3 is 2.84 bits per heavy atom. The predicted molar refractivity (Wildman–Crippen MR) is 76.3 cm³/mol. The van der Waals surface area contributed by atoms with E-state index in [9.17, 15) is 9.18 Å². The average molecular weight is 307 g/mol. The molecule has 1 aromatic carbocycles. The zero-order valence-electron chi connectivity index (χ0n) is 10.6. The number of likely N-dealkylation sites (tertiary alicyclic amines) is 1. The van der Waals surface area contributed by atoms with Gasteiger partial charge in [-0.3, -0.25) is 4.79 Å². The Labute approximate surface area is 123 Å². The highest BCUT2D eigenvalue weighted by Crippen LogP contribution is 2.25. The lowest BCUT2D eigenvalue weighted by Gasteiger charge is -2.18. The summed E-state index contributed by atoms with van der Waals surface area (Å²) in [6, 6.07) is 4.35. The molecule has 2 unspecified atom stereocenters. The van der Waals surface area contributed by atoms with Gasteiger partial charge in [0.05, 0.1) is 10.6 Å². The van der Waals surface area contributed by atoms with Gasteiger partial charge < -0.3 is 10.6 Å². The molecule has 0 aliphatic carbocycles. The number of hydrogen-bond donors (Lipinski definition) is 1. The highest BCUT2D eigenvalue weighted by atomic mass is 35.5.